The molecule has 1 aromatic heterocycles. The van der Waals surface area contributed by atoms with Crippen LogP contribution in [0.1, 0.15) is 23.9 Å². The maximum absolute atomic E-state index is 13.3. The second kappa shape index (κ2) is 9.48. The molecule has 0 saturated carbocycles. The molecule has 1 aromatic carbocycles. The Bertz CT molecular complexity index is 728. The SMILES string of the molecule is Cn1ccnc1C(NC(=O)NCCCN1CCOCC1)c1ccc(F)cc1. The number of nitrogens with zero attached hydrogens (tertiary/aromatic N) is 3. The average Bonchev–Trinajstić information content (AvgIpc) is 3.11. The Labute approximate surface area is 158 Å². The molecule has 8 heteroatoms. The van der Waals surface area contributed by atoms with Crippen molar-refractivity contribution < 1.29 is 13.9 Å². The molecular weight excluding hydrogens is 349 g/mol. The molecule has 2 aromatic rings. The van der Waals surface area contributed by atoms with Gasteiger partial charge in [0.25, 0.3) is 0 Å². The number of benzene rings is 1. The highest BCUT2D eigenvalue weighted by atomic mass is 19.1. The molecule has 1 aliphatic heterocycles. The van der Waals surface area contributed by atoms with Crippen molar-refractivity contribution in [1.82, 2.24) is 25.1 Å². The fourth-order valence-electron chi connectivity index (χ4n) is 3.12. The van der Waals surface area contributed by atoms with Crippen LogP contribution >= 0.6 is 0 Å². The van der Waals surface area contributed by atoms with E-state index in [9.17, 15) is 9.18 Å². The van der Waals surface area contributed by atoms with E-state index in [1.807, 2.05) is 17.8 Å². The predicted octanol–water partition coefficient (Wildman–Crippen LogP) is 1.67. The van der Waals surface area contributed by atoms with E-state index >= 15 is 0 Å². The van der Waals surface area contributed by atoms with Crippen molar-refractivity contribution >= 4 is 6.03 Å². The normalized spacial score (nSPS) is 16.1. The summed E-state index contributed by atoms with van der Waals surface area (Å²) in [5.74, 6) is 0.370. The van der Waals surface area contributed by atoms with Crippen LogP contribution in [0.5, 0.6) is 0 Å². The molecule has 1 fully saturated rings. The van der Waals surface area contributed by atoms with Crippen LogP contribution in [-0.4, -0.2) is 59.9 Å². The molecule has 0 bridgehead atoms. The van der Waals surface area contributed by atoms with Gasteiger partial charge >= 0.3 is 6.03 Å². The lowest BCUT2D eigenvalue weighted by molar-refractivity contribution is 0.0375. The fourth-order valence-corrected chi connectivity index (χ4v) is 3.12. The van der Waals surface area contributed by atoms with Gasteiger partial charge in [-0.1, -0.05) is 12.1 Å². The van der Waals surface area contributed by atoms with Gasteiger partial charge < -0.3 is 19.9 Å². The fraction of sp³-hybridized carbons (Fsp3) is 0.474. The van der Waals surface area contributed by atoms with E-state index in [-0.39, 0.29) is 11.8 Å². The second-order valence-corrected chi connectivity index (χ2v) is 6.59. The monoisotopic (exact) mass is 375 g/mol. The minimum absolute atomic E-state index is 0.269. The van der Waals surface area contributed by atoms with Gasteiger partial charge in [0.15, 0.2) is 0 Å². The summed E-state index contributed by atoms with van der Waals surface area (Å²) in [6.45, 7) is 4.95. The van der Waals surface area contributed by atoms with E-state index in [0.29, 0.717) is 12.4 Å². The summed E-state index contributed by atoms with van der Waals surface area (Å²) in [5, 5.41) is 5.84. The molecule has 146 valence electrons. The third-order valence-corrected chi connectivity index (χ3v) is 4.64. The van der Waals surface area contributed by atoms with E-state index in [4.69, 9.17) is 4.74 Å². The summed E-state index contributed by atoms with van der Waals surface area (Å²) in [6, 6.07) is 5.36. The standard InChI is InChI=1S/C19H26FN5O2/c1-24-10-8-21-18(24)17(15-3-5-16(20)6-4-15)23-19(26)22-7-2-9-25-11-13-27-14-12-25/h3-6,8,10,17H,2,7,9,11-14H2,1H3,(H2,22,23,26). The molecule has 0 radical (unpaired) electrons. The smallest absolute Gasteiger partial charge is 0.315 e. The predicted molar refractivity (Wildman–Crippen MR) is 99.9 cm³/mol. The first-order valence-corrected chi connectivity index (χ1v) is 9.20. The number of ether oxygens (including phenoxy) is 1. The van der Waals surface area contributed by atoms with Crippen LogP contribution in [0, 0.1) is 5.82 Å². The van der Waals surface area contributed by atoms with Gasteiger partial charge in [-0.05, 0) is 30.7 Å². The van der Waals surface area contributed by atoms with E-state index in [1.54, 1.807) is 18.3 Å². The molecule has 1 saturated heterocycles. The molecule has 1 unspecified atom stereocenters. The number of nitrogens with one attached hydrogen (secondary N) is 2. The number of rotatable bonds is 7. The maximum atomic E-state index is 13.3. The highest BCUT2D eigenvalue weighted by Crippen LogP contribution is 2.20. The first kappa shape index (κ1) is 19.3. The largest absolute Gasteiger partial charge is 0.379 e. The Morgan fingerprint density at radius 1 is 1.30 bits per heavy atom. The van der Waals surface area contributed by atoms with Crippen LogP contribution in [0.2, 0.25) is 0 Å². The Hall–Kier alpha value is -2.45. The molecule has 0 aliphatic carbocycles. The van der Waals surface area contributed by atoms with E-state index in [0.717, 1.165) is 44.8 Å². The van der Waals surface area contributed by atoms with Crippen molar-refractivity contribution in [2.24, 2.45) is 7.05 Å². The van der Waals surface area contributed by atoms with Crippen molar-refractivity contribution in [1.29, 1.82) is 0 Å². The van der Waals surface area contributed by atoms with Crippen molar-refractivity contribution in [2.75, 3.05) is 39.4 Å². The molecule has 3 rings (SSSR count). The van der Waals surface area contributed by atoms with Gasteiger partial charge in [-0.2, -0.15) is 0 Å². The summed E-state index contributed by atoms with van der Waals surface area (Å²) in [7, 11) is 1.86. The van der Waals surface area contributed by atoms with Gasteiger partial charge in [0.2, 0.25) is 0 Å². The highest BCUT2D eigenvalue weighted by Gasteiger charge is 2.20. The lowest BCUT2D eigenvalue weighted by atomic mass is 10.1. The Morgan fingerprint density at radius 3 is 2.70 bits per heavy atom. The zero-order valence-electron chi connectivity index (χ0n) is 15.5. The van der Waals surface area contributed by atoms with Gasteiger partial charge in [-0.15, -0.1) is 0 Å². The molecule has 27 heavy (non-hydrogen) atoms. The van der Waals surface area contributed by atoms with E-state index < -0.39 is 6.04 Å². The number of imidazole rings is 1. The zero-order valence-corrected chi connectivity index (χ0v) is 15.5. The molecule has 1 atom stereocenters. The lowest BCUT2D eigenvalue weighted by Crippen LogP contribution is -2.41. The van der Waals surface area contributed by atoms with Crippen LogP contribution in [-0.2, 0) is 11.8 Å². The summed E-state index contributed by atoms with van der Waals surface area (Å²) in [5.41, 5.74) is 0.772. The number of aryl methyl sites for hydroxylation is 1. The second-order valence-electron chi connectivity index (χ2n) is 6.59. The van der Waals surface area contributed by atoms with Gasteiger partial charge in [0.1, 0.15) is 17.7 Å². The van der Waals surface area contributed by atoms with E-state index in [2.05, 4.69) is 20.5 Å². The van der Waals surface area contributed by atoms with Crippen molar-refractivity contribution in [2.45, 2.75) is 12.5 Å². The lowest BCUT2D eigenvalue weighted by Gasteiger charge is -2.26. The number of urea groups is 1. The third kappa shape index (κ3) is 5.51. The van der Waals surface area contributed by atoms with Gasteiger partial charge in [0.05, 0.1) is 13.2 Å². The van der Waals surface area contributed by atoms with Crippen LogP contribution < -0.4 is 10.6 Å². The Morgan fingerprint density at radius 2 is 2.04 bits per heavy atom. The van der Waals surface area contributed by atoms with Crippen LogP contribution in [0.3, 0.4) is 0 Å². The molecule has 2 amide bonds. The Balaban J connectivity index is 1.54. The van der Waals surface area contributed by atoms with Crippen molar-refractivity contribution in [3.05, 3.63) is 53.9 Å². The number of amides is 2. The number of morpholine rings is 1. The molecular formula is C19H26FN5O2. The maximum Gasteiger partial charge on any atom is 0.315 e. The first-order chi connectivity index (χ1) is 13.1. The summed E-state index contributed by atoms with van der Waals surface area (Å²) in [4.78, 5) is 19.0. The highest BCUT2D eigenvalue weighted by molar-refractivity contribution is 5.74. The number of hydrogen-bond donors (Lipinski definition) is 2. The summed E-state index contributed by atoms with van der Waals surface area (Å²) < 4.78 is 20.4. The summed E-state index contributed by atoms with van der Waals surface area (Å²) >= 11 is 0. The number of halogens is 1. The number of carbonyl (C=O) groups is 1. The number of hydrogen-bond acceptors (Lipinski definition) is 4. The third-order valence-electron chi connectivity index (χ3n) is 4.64. The minimum Gasteiger partial charge on any atom is -0.379 e. The quantitative estimate of drug-likeness (QED) is 0.723. The van der Waals surface area contributed by atoms with Crippen molar-refractivity contribution in [3.8, 4) is 0 Å². The van der Waals surface area contributed by atoms with Crippen LogP contribution in [0.15, 0.2) is 36.7 Å². The van der Waals surface area contributed by atoms with Gasteiger partial charge in [-0.25, -0.2) is 14.2 Å². The number of aromatic nitrogens is 2. The topological polar surface area (TPSA) is 71.4 Å². The average molecular weight is 375 g/mol. The van der Waals surface area contributed by atoms with Gasteiger partial charge in [-0.3, -0.25) is 4.90 Å². The van der Waals surface area contributed by atoms with Gasteiger partial charge in [0, 0.05) is 39.1 Å². The number of carbonyl (C=O) groups excluding carboxylic acids is 1. The molecule has 2 heterocycles. The Kier molecular flexibility index (Phi) is 6.78. The molecule has 1 aliphatic rings. The van der Waals surface area contributed by atoms with E-state index in [1.165, 1.54) is 12.1 Å². The molecule has 2 N–H and O–H groups in total. The molecule has 0 spiro atoms. The molecule has 7 nitrogen and oxygen atoms in total. The van der Waals surface area contributed by atoms with Crippen LogP contribution in [0.25, 0.3) is 0 Å². The van der Waals surface area contributed by atoms with Crippen molar-refractivity contribution in [3.63, 3.8) is 0 Å². The first-order valence-electron chi connectivity index (χ1n) is 9.20. The minimum atomic E-state index is -0.454. The zero-order chi connectivity index (χ0) is 19.1. The van der Waals surface area contributed by atoms with Crippen LogP contribution in [0.4, 0.5) is 9.18 Å². The summed E-state index contributed by atoms with van der Waals surface area (Å²) in [6.07, 6.45) is 4.36.